The molecule has 5 rings (SSSR count). The number of pyridine rings is 3. The van der Waals surface area contributed by atoms with Crippen LogP contribution in [0.2, 0.25) is 0 Å². The van der Waals surface area contributed by atoms with Crippen LogP contribution in [0, 0.1) is 0 Å². The highest BCUT2D eigenvalue weighted by Gasteiger charge is 2.18. The van der Waals surface area contributed by atoms with E-state index in [0.29, 0.717) is 12.2 Å². The number of nitrogens with one attached hydrogen (secondary N) is 2. The van der Waals surface area contributed by atoms with Crippen molar-refractivity contribution < 1.29 is 0 Å². The molecule has 4 aromatic heterocycles. The monoisotopic (exact) mass is 416 g/mol. The summed E-state index contributed by atoms with van der Waals surface area (Å²) in [5.74, 6) is 0.674. The van der Waals surface area contributed by atoms with Crippen LogP contribution in [0.25, 0.3) is 22.6 Å². The molecular formula is C22H24N8O. The average molecular weight is 416 g/mol. The molecule has 0 bridgehead atoms. The van der Waals surface area contributed by atoms with E-state index in [4.69, 9.17) is 0 Å². The van der Waals surface area contributed by atoms with Gasteiger partial charge in [-0.25, -0.2) is 4.98 Å². The standard InChI is InChI=1S/C22H24N8O/c1-2-16-10-19-20(27-22(16)31)9-15(11-23-19)13-29-5-7-30(8-6-29)17-3-4-18(24-12-17)21-25-14-26-28-21/h3-4,9-12,14H,2,5-8,13H2,1H3,(H,27,31)(H,25,26,28). The fourth-order valence-electron chi connectivity index (χ4n) is 3.98. The molecule has 0 atom stereocenters. The Morgan fingerprint density at radius 2 is 1.90 bits per heavy atom. The van der Waals surface area contributed by atoms with Crippen molar-refractivity contribution in [2.24, 2.45) is 0 Å². The summed E-state index contributed by atoms with van der Waals surface area (Å²) in [6.07, 6.45) is 5.99. The number of aromatic amines is 2. The summed E-state index contributed by atoms with van der Waals surface area (Å²) in [5.41, 5.74) is 5.39. The van der Waals surface area contributed by atoms with Gasteiger partial charge in [0.2, 0.25) is 0 Å². The van der Waals surface area contributed by atoms with Crippen molar-refractivity contribution in [3.05, 3.63) is 64.5 Å². The van der Waals surface area contributed by atoms with Crippen LogP contribution in [0.1, 0.15) is 18.1 Å². The van der Waals surface area contributed by atoms with Gasteiger partial charge in [0.15, 0.2) is 5.82 Å². The van der Waals surface area contributed by atoms with E-state index in [-0.39, 0.29) is 5.56 Å². The zero-order chi connectivity index (χ0) is 21.2. The third-order valence-corrected chi connectivity index (χ3v) is 5.76. The molecule has 1 fully saturated rings. The van der Waals surface area contributed by atoms with E-state index in [1.54, 1.807) is 0 Å². The summed E-state index contributed by atoms with van der Waals surface area (Å²) in [5, 5.41) is 6.70. The zero-order valence-corrected chi connectivity index (χ0v) is 17.4. The second kappa shape index (κ2) is 8.27. The van der Waals surface area contributed by atoms with E-state index in [1.807, 2.05) is 37.5 Å². The molecule has 0 saturated carbocycles. The molecule has 9 nitrogen and oxygen atoms in total. The molecule has 0 spiro atoms. The molecule has 9 heteroatoms. The van der Waals surface area contributed by atoms with Gasteiger partial charge >= 0.3 is 0 Å². The Balaban J connectivity index is 1.22. The number of nitrogens with zero attached hydrogens (tertiary/aromatic N) is 6. The number of hydrogen-bond donors (Lipinski definition) is 2. The molecule has 1 aliphatic rings. The predicted molar refractivity (Wildman–Crippen MR) is 119 cm³/mol. The maximum Gasteiger partial charge on any atom is 0.251 e. The van der Waals surface area contributed by atoms with Crippen LogP contribution in [-0.4, -0.2) is 61.2 Å². The summed E-state index contributed by atoms with van der Waals surface area (Å²) in [6.45, 7) is 6.56. The molecule has 1 saturated heterocycles. The Morgan fingerprint density at radius 1 is 1.03 bits per heavy atom. The quantitative estimate of drug-likeness (QED) is 0.512. The van der Waals surface area contributed by atoms with Gasteiger partial charge in [-0.05, 0) is 36.2 Å². The minimum atomic E-state index is -0.0227. The van der Waals surface area contributed by atoms with Crippen molar-refractivity contribution in [1.29, 1.82) is 0 Å². The van der Waals surface area contributed by atoms with Gasteiger partial charge in [0.1, 0.15) is 12.0 Å². The molecule has 5 heterocycles. The maximum absolute atomic E-state index is 12.1. The van der Waals surface area contributed by atoms with Crippen LogP contribution in [0.15, 0.2) is 47.8 Å². The molecule has 0 unspecified atom stereocenters. The van der Waals surface area contributed by atoms with Crippen LogP contribution in [0.5, 0.6) is 0 Å². The van der Waals surface area contributed by atoms with Gasteiger partial charge in [-0.3, -0.25) is 24.8 Å². The van der Waals surface area contributed by atoms with E-state index in [2.05, 4.69) is 46.0 Å². The van der Waals surface area contributed by atoms with Crippen molar-refractivity contribution in [3.8, 4) is 11.5 Å². The van der Waals surface area contributed by atoms with Gasteiger partial charge in [-0.1, -0.05) is 6.92 Å². The smallest absolute Gasteiger partial charge is 0.251 e. The van der Waals surface area contributed by atoms with Gasteiger partial charge in [0, 0.05) is 44.5 Å². The Kier molecular flexibility index (Phi) is 5.17. The highest BCUT2D eigenvalue weighted by atomic mass is 16.1. The lowest BCUT2D eigenvalue weighted by Crippen LogP contribution is -2.46. The van der Waals surface area contributed by atoms with E-state index in [0.717, 1.165) is 66.3 Å². The molecule has 0 aliphatic carbocycles. The third-order valence-electron chi connectivity index (χ3n) is 5.76. The Bertz CT molecular complexity index is 1220. The minimum absolute atomic E-state index is 0.0227. The first-order valence-electron chi connectivity index (χ1n) is 10.5. The Labute approximate surface area is 179 Å². The number of H-pyrrole nitrogens is 2. The van der Waals surface area contributed by atoms with Gasteiger partial charge in [-0.15, -0.1) is 0 Å². The van der Waals surface area contributed by atoms with Crippen LogP contribution in [0.3, 0.4) is 0 Å². The normalized spacial score (nSPS) is 14.9. The lowest BCUT2D eigenvalue weighted by Gasteiger charge is -2.36. The van der Waals surface area contributed by atoms with Crippen molar-refractivity contribution in [3.63, 3.8) is 0 Å². The lowest BCUT2D eigenvalue weighted by molar-refractivity contribution is 0.249. The lowest BCUT2D eigenvalue weighted by atomic mass is 10.1. The van der Waals surface area contributed by atoms with E-state index in [1.165, 1.54) is 6.33 Å². The largest absolute Gasteiger partial charge is 0.368 e. The fraction of sp³-hybridized carbons (Fsp3) is 0.318. The van der Waals surface area contributed by atoms with E-state index in [9.17, 15) is 4.79 Å². The SMILES string of the molecule is CCc1cc2ncc(CN3CCN(c4ccc(-c5ncn[nH]5)nc4)CC3)cc2[nH]c1=O. The van der Waals surface area contributed by atoms with Crippen molar-refractivity contribution in [2.75, 3.05) is 31.1 Å². The second-order valence-electron chi connectivity index (χ2n) is 7.75. The molecule has 1 aliphatic heterocycles. The zero-order valence-electron chi connectivity index (χ0n) is 17.4. The first-order chi connectivity index (χ1) is 15.2. The molecule has 4 aromatic rings. The summed E-state index contributed by atoms with van der Waals surface area (Å²) < 4.78 is 0. The van der Waals surface area contributed by atoms with Crippen molar-refractivity contribution in [2.45, 2.75) is 19.9 Å². The van der Waals surface area contributed by atoms with Crippen molar-refractivity contribution >= 4 is 16.7 Å². The Morgan fingerprint density at radius 3 is 2.61 bits per heavy atom. The van der Waals surface area contributed by atoms with Crippen LogP contribution in [-0.2, 0) is 13.0 Å². The van der Waals surface area contributed by atoms with E-state index < -0.39 is 0 Å². The molecular weight excluding hydrogens is 392 g/mol. The fourth-order valence-corrected chi connectivity index (χ4v) is 3.98. The van der Waals surface area contributed by atoms with Crippen LogP contribution >= 0.6 is 0 Å². The topological polar surface area (TPSA) is 107 Å². The molecule has 31 heavy (non-hydrogen) atoms. The molecule has 0 radical (unpaired) electrons. The molecule has 0 amide bonds. The second-order valence-corrected chi connectivity index (χ2v) is 7.75. The number of aryl methyl sites for hydroxylation is 1. The number of fused-ring (bicyclic) bond motifs is 1. The molecule has 2 N–H and O–H groups in total. The van der Waals surface area contributed by atoms with Crippen LogP contribution < -0.4 is 10.5 Å². The number of hydrogen-bond acceptors (Lipinski definition) is 7. The average Bonchev–Trinajstić information content (AvgIpc) is 3.34. The highest BCUT2D eigenvalue weighted by molar-refractivity contribution is 5.74. The van der Waals surface area contributed by atoms with Gasteiger partial charge < -0.3 is 9.88 Å². The summed E-state index contributed by atoms with van der Waals surface area (Å²) in [7, 11) is 0. The van der Waals surface area contributed by atoms with Crippen molar-refractivity contribution in [1.82, 2.24) is 35.0 Å². The molecule has 158 valence electrons. The van der Waals surface area contributed by atoms with Gasteiger partial charge in [-0.2, -0.15) is 5.10 Å². The number of piperazine rings is 1. The Hall–Kier alpha value is -3.59. The van der Waals surface area contributed by atoms with Crippen LogP contribution in [0.4, 0.5) is 5.69 Å². The summed E-state index contributed by atoms with van der Waals surface area (Å²) >= 11 is 0. The summed E-state index contributed by atoms with van der Waals surface area (Å²) in [4.78, 5) is 33.0. The number of rotatable bonds is 5. The predicted octanol–water partition coefficient (Wildman–Crippen LogP) is 1.99. The first kappa shape index (κ1) is 19.4. The van der Waals surface area contributed by atoms with Gasteiger partial charge in [0.05, 0.1) is 22.9 Å². The molecule has 0 aromatic carbocycles. The first-order valence-corrected chi connectivity index (χ1v) is 10.5. The maximum atomic E-state index is 12.1. The number of anilines is 1. The summed E-state index contributed by atoms with van der Waals surface area (Å²) in [6, 6.07) is 7.97. The van der Waals surface area contributed by atoms with E-state index >= 15 is 0 Å². The number of aromatic nitrogens is 6. The highest BCUT2D eigenvalue weighted by Crippen LogP contribution is 2.20. The third kappa shape index (κ3) is 4.04. The van der Waals surface area contributed by atoms with Gasteiger partial charge in [0.25, 0.3) is 5.56 Å². The minimum Gasteiger partial charge on any atom is -0.368 e.